The van der Waals surface area contributed by atoms with Gasteiger partial charge in [0.2, 0.25) is 0 Å². The van der Waals surface area contributed by atoms with Crippen molar-refractivity contribution in [1.82, 2.24) is 5.43 Å². The van der Waals surface area contributed by atoms with E-state index in [4.69, 9.17) is 5.41 Å². The number of nitrogens with one attached hydrogen (secondary N) is 2. The van der Waals surface area contributed by atoms with Crippen LogP contribution in [0.3, 0.4) is 0 Å². The quantitative estimate of drug-likeness (QED) is 0.253. The van der Waals surface area contributed by atoms with Crippen LogP contribution in [0.2, 0.25) is 0 Å². The molecule has 0 amide bonds. The summed E-state index contributed by atoms with van der Waals surface area (Å²) >= 11 is 2.46. The van der Waals surface area contributed by atoms with Gasteiger partial charge in [-0.2, -0.15) is 0 Å². The standard InChI is InChI=1S/C4H8N3Se/c1-3(2)6-7-4(5)8/h1-2H3,(H2,5,7). The second kappa shape index (κ2) is 3.64. The first kappa shape index (κ1) is 7.66. The van der Waals surface area contributed by atoms with Crippen molar-refractivity contribution in [3.05, 3.63) is 0 Å². The molecule has 0 bridgehead atoms. The maximum atomic E-state index is 6.81. The van der Waals surface area contributed by atoms with Crippen LogP contribution in [0.4, 0.5) is 0 Å². The van der Waals surface area contributed by atoms with Gasteiger partial charge in [0.25, 0.3) is 0 Å². The third-order valence-electron chi connectivity index (χ3n) is 0.381. The van der Waals surface area contributed by atoms with E-state index >= 15 is 0 Å². The Kier molecular flexibility index (Phi) is 3.48. The summed E-state index contributed by atoms with van der Waals surface area (Å²) in [6, 6.07) is 0. The number of hydrogen-bond donors (Lipinski definition) is 2. The van der Waals surface area contributed by atoms with Crippen LogP contribution < -0.4 is 5.43 Å². The van der Waals surface area contributed by atoms with Gasteiger partial charge in [0.05, 0.1) is 0 Å². The average molecular weight is 177 g/mol. The molecular weight excluding hydrogens is 169 g/mol. The summed E-state index contributed by atoms with van der Waals surface area (Å²) in [7, 11) is 0. The molecule has 0 unspecified atom stereocenters. The molecule has 0 aliphatic carbocycles. The molecule has 0 aliphatic rings. The summed E-state index contributed by atoms with van der Waals surface area (Å²) in [4.78, 5) is 0. The molecule has 4 heteroatoms. The van der Waals surface area contributed by atoms with Crippen LogP contribution in [0.25, 0.3) is 0 Å². The molecule has 2 N–H and O–H groups in total. The molecule has 0 saturated heterocycles. The Morgan fingerprint density at radius 1 is 1.62 bits per heavy atom. The normalized spacial score (nSPS) is 7.75. The summed E-state index contributed by atoms with van der Waals surface area (Å²) in [5.74, 6) is 0. The van der Waals surface area contributed by atoms with Gasteiger partial charge in [-0.1, -0.05) is 0 Å². The van der Waals surface area contributed by atoms with E-state index in [1.165, 1.54) is 0 Å². The second-order valence-electron chi connectivity index (χ2n) is 1.50. The summed E-state index contributed by atoms with van der Waals surface area (Å²) in [6.45, 7) is 3.71. The third kappa shape index (κ3) is 5.66. The van der Waals surface area contributed by atoms with Gasteiger partial charge in [0, 0.05) is 0 Å². The van der Waals surface area contributed by atoms with Gasteiger partial charge in [0.1, 0.15) is 0 Å². The van der Waals surface area contributed by atoms with Crippen molar-refractivity contribution in [2.24, 2.45) is 5.10 Å². The molecule has 0 atom stereocenters. The molecule has 8 heavy (non-hydrogen) atoms. The summed E-state index contributed by atoms with van der Waals surface area (Å²) in [6.07, 6.45) is 0. The molecule has 0 saturated carbocycles. The van der Waals surface area contributed by atoms with Crippen molar-refractivity contribution >= 4 is 26.5 Å². The van der Waals surface area contributed by atoms with Gasteiger partial charge >= 0.3 is 56.2 Å². The molecule has 0 aromatic carbocycles. The van der Waals surface area contributed by atoms with Crippen LogP contribution in [-0.2, 0) is 0 Å². The molecule has 0 aromatic rings. The molecule has 45 valence electrons. The Labute approximate surface area is 56.9 Å². The number of rotatable bonds is 1. The van der Waals surface area contributed by atoms with E-state index in [0.717, 1.165) is 5.71 Å². The zero-order chi connectivity index (χ0) is 6.57. The molecule has 1 radical (unpaired) electrons. The van der Waals surface area contributed by atoms with Gasteiger partial charge < -0.3 is 0 Å². The SMILES string of the molecule is CC(C)=NNC(=N)[Se]. The van der Waals surface area contributed by atoms with Gasteiger partial charge in [-0.25, -0.2) is 0 Å². The number of amidine groups is 1. The maximum absolute atomic E-state index is 6.81. The van der Waals surface area contributed by atoms with E-state index in [1.807, 2.05) is 13.8 Å². The summed E-state index contributed by atoms with van der Waals surface area (Å²) < 4.78 is 0.242. The van der Waals surface area contributed by atoms with Crippen molar-refractivity contribution in [1.29, 1.82) is 5.41 Å². The van der Waals surface area contributed by atoms with Crippen LogP contribution in [-0.4, -0.2) is 26.5 Å². The Morgan fingerprint density at radius 2 is 2.12 bits per heavy atom. The first-order valence-electron chi connectivity index (χ1n) is 2.15. The number of hydrazone groups is 1. The Bertz CT molecular complexity index is 114. The first-order valence-corrected chi connectivity index (χ1v) is 3.01. The Morgan fingerprint density at radius 3 is 2.25 bits per heavy atom. The molecule has 0 aromatic heterocycles. The average Bonchev–Trinajstić information content (AvgIpc) is 1.61. The fourth-order valence-corrected chi connectivity index (χ4v) is 0.258. The topological polar surface area (TPSA) is 48.2 Å². The van der Waals surface area contributed by atoms with Crippen molar-refractivity contribution in [3.63, 3.8) is 0 Å². The number of nitrogens with zero attached hydrogens (tertiary/aromatic N) is 1. The molecule has 0 heterocycles. The van der Waals surface area contributed by atoms with Crippen molar-refractivity contribution in [3.8, 4) is 0 Å². The minimum absolute atomic E-state index is 0.242. The molecular formula is C4H8N3Se. The zero-order valence-electron chi connectivity index (χ0n) is 4.86. The van der Waals surface area contributed by atoms with E-state index in [-0.39, 0.29) is 4.73 Å². The molecule has 0 aliphatic heterocycles. The van der Waals surface area contributed by atoms with E-state index in [2.05, 4.69) is 26.5 Å². The predicted octanol–water partition coefficient (Wildman–Crippen LogP) is 0.0751. The van der Waals surface area contributed by atoms with Crippen LogP contribution in [0.1, 0.15) is 13.8 Å². The fraction of sp³-hybridized carbons (Fsp3) is 0.500. The third-order valence-corrected chi connectivity index (χ3v) is 0.573. The molecule has 0 spiro atoms. The van der Waals surface area contributed by atoms with Crippen molar-refractivity contribution < 1.29 is 0 Å². The number of hydrogen-bond acceptors (Lipinski definition) is 2. The van der Waals surface area contributed by atoms with Crippen LogP contribution in [0, 0.1) is 5.41 Å². The summed E-state index contributed by atoms with van der Waals surface area (Å²) in [5.41, 5.74) is 3.37. The Balaban J connectivity index is 3.45. The van der Waals surface area contributed by atoms with Crippen molar-refractivity contribution in [2.75, 3.05) is 0 Å². The van der Waals surface area contributed by atoms with E-state index in [1.54, 1.807) is 0 Å². The van der Waals surface area contributed by atoms with E-state index in [9.17, 15) is 0 Å². The van der Waals surface area contributed by atoms with Gasteiger partial charge in [-0.3, -0.25) is 0 Å². The Hall–Kier alpha value is -0.341. The summed E-state index contributed by atoms with van der Waals surface area (Å²) in [5, 5.41) is 10.5. The first-order chi connectivity index (χ1) is 3.63. The minimum atomic E-state index is 0.242. The van der Waals surface area contributed by atoms with Gasteiger partial charge in [-0.05, 0) is 0 Å². The van der Waals surface area contributed by atoms with Crippen molar-refractivity contribution in [2.45, 2.75) is 13.8 Å². The van der Waals surface area contributed by atoms with E-state index in [0.29, 0.717) is 0 Å². The monoisotopic (exact) mass is 178 g/mol. The molecule has 0 rings (SSSR count). The zero-order valence-corrected chi connectivity index (χ0v) is 6.57. The van der Waals surface area contributed by atoms with Crippen LogP contribution >= 0.6 is 0 Å². The fourth-order valence-electron chi connectivity index (χ4n) is 0.163. The second-order valence-corrected chi connectivity index (χ2v) is 2.36. The molecule has 0 fully saturated rings. The van der Waals surface area contributed by atoms with Crippen LogP contribution in [0.15, 0.2) is 5.10 Å². The van der Waals surface area contributed by atoms with Gasteiger partial charge in [0.15, 0.2) is 0 Å². The van der Waals surface area contributed by atoms with Crippen LogP contribution in [0.5, 0.6) is 0 Å². The van der Waals surface area contributed by atoms with Gasteiger partial charge in [-0.15, -0.1) is 0 Å². The van der Waals surface area contributed by atoms with E-state index < -0.39 is 0 Å². The molecule has 3 nitrogen and oxygen atoms in total. The predicted molar refractivity (Wildman–Crippen MR) is 35.4 cm³/mol.